The fourth-order valence-electron chi connectivity index (χ4n) is 1.92. The van der Waals surface area contributed by atoms with E-state index < -0.39 is 6.09 Å². The van der Waals surface area contributed by atoms with Crippen molar-refractivity contribution >= 4 is 17.7 Å². The fourth-order valence-corrected chi connectivity index (χ4v) is 2.03. The van der Waals surface area contributed by atoms with Crippen LogP contribution in [0.15, 0.2) is 18.3 Å². The molecule has 0 saturated carbocycles. The van der Waals surface area contributed by atoms with Crippen molar-refractivity contribution in [3.8, 4) is 0 Å². The number of carboxylic acid groups (broad SMARTS) is 1. The highest BCUT2D eigenvalue weighted by Gasteiger charge is 2.22. The summed E-state index contributed by atoms with van der Waals surface area (Å²) < 4.78 is 5.73. The molecule has 98 valence electrons. The lowest BCUT2D eigenvalue weighted by atomic mass is 10.1. The molecule has 0 atom stereocenters. The Kier molecular flexibility index (Phi) is 4.38. The number of carbonyl (C=O) groups is 1. The fraction of sp³-hybridized carbons (Fsp3) is 0.500. The molecule has 0 spiro atoms. The SMILES string of the molecule is O=C(O)N1CCC(OCc2ccc(Cl)nc2)CC1. The second-order valence-corrected chi connectivity index (χ2v) is 4.66. The molecule has 0 aromatic carbocycles. The Morgan fingerprint density at radius 2 is 2.22 bits per heavy atom. The van der Waals surface area contributed by atoms with Crippen LogP contribution in [0.1, 0.15) is 18.4 Å². The third-order valence-corrected chi connectivity index (χ3v) is 3.21. The second kappa shape index (κ2) is 6.02. The highest BCUT2D eigenvalue weighted by molar-refractivity contribution is 6.29. The van der Waals surface area contributed by atoms with Crippen LogP contribution in [0.5, 0.6) is 0 Å². The number of hydrogen-bond acceptors (Lipinski definition) is 3. The van der Waals surface area contributed by atoms with Crippen molar-refractivity contribution in [3.05, 3.63) is 29.0 Å². The predicted octanol–water partition coefficient (Wildman–Crippen LogP) is 2.39. The van der Waals surface area contributed by atoms with E-state index in [1.165, 1.54) is 4.90 Å². The van der Waals surface area contributed by atoms with Crippen LogP contribution >= 0.6 is 11.6 Å². The lowest BCUT2D eigenvalue weighted by Crippen LogP contribution is -2.40. The Morgan fingerprint density at radius 1 is 1.50 bits per heavy atom. The topological polar surface area (TPSA) is 62.7 Å². The van der Waals surface area contributed by atoms with Gasteiger partial charge in [0, 0.05) is 19.3 Å². The normalized spacial score (nSPS) is 16.8. The second-order valence-electron chi connectivity index (χ2n) is 4.27. The van der Waals surface area contributed by atoms with Gasteiger partial charge in [0.2, 0.25) is 0 Å². The lowest BCUT2D eigenvalue weighted by molar-refractivity contribution is 0.000277. The van der Waals surface area contributed by atoms with E-state index in [1.807, 2.05) is 6.07 Å². The molecule has 1 fully saturated rings. The molecule has 2 rings (SSSR count). The van der Waals surface area contributed by atoms with Gasteiger partial charge in [0.05, 0.1) is 12.7 Å². The van der Waals surface area contributed by atoms with E-state index in [0.717, 1.165) is 18.4 Å². The minimum Gasteiger partial charge on any atom is -0.465 e. The maximum atomic E-state index is 10.7. The number of ether oxygens (including phenoxy) is 1. The van der Waals surface area contributed by atoms with Gasteiger partial charge >= 0.3 is 6.09 Å². The van der Waals surface area contributed by atoms with Crippen molar-refractivity contribution < 1.29 is 14.6 Å². The van der Waals surface area contributed by atoms with E-state index in [0.29, 0.717) is 24.8 Å². The quantitative estimate of drug-likeness (QED) is 0.857. The Balaban J connectivity index is 1.75. The molecule has 18 heavy (non-hydrogen) atoms. The van der Waals surface area contributed by atoms with Crippen molar-refractivity contribution in [1.29, 1.82) is 0 Å². The number of hydrogen-bond donors (Lipinski definition) is 1. The number of piperidine rings is 1. The maximum absolute atomic E-state index is 10.7. The van der Waals surface area contributed by atoms with Gasteiger partial charge in [-0.25, -0.2) is 9.78 Å². The largest absolute Gasteiger partial charge is 0.465 e. The van der Waals surface area contributed by atoms with Crippen LogP contribution in [0.4, 0.5) is 4.79 Å². The van der Waals surface area contributed by atoms with Crippen LogP contribution in [0, 0.1) is 0 Å². The summed E-state index contributed by atoms with van der Waals surface area (Å²) >= 11 is 5.69. The molecule has 5 nitrogen and oxygen atoms in total. The first-order valence-electron chi connectivity index (χ1n) is 5.85. The molecular formula is C12H15ClN2O3. The first-order chi connectivity index (χ1) is 8.65. The standard InChI is InChI=1S/C12H15ClN2O3/c13-11-2-1-9(7-14-11)8-18-10-3-5-15(6-4-10)12(16)17/h1-2,7,10H,3-6,8H2,(H,16,17). The molecule has 1 aliphatic heterocycles. The van der Waals surface area contributed by atoms with E-state index >= 15 is 0 Å². The highest BCUT2D eigenvalue weighted by atomic mass is 35.5. The van der Waals surface area contributed by atoms with Crippen molar-refractivity contribution in [1.82, 2.24) is 9.88 Å². The summed E-state index contributed by atoms with van der Waals surface area (Å²) in [6.45, 7) is 1.57. The Morgan fingerprint density at radius 3 is 2.78 bits per heavy atom. The molecule has 0 bridgehead atoms. The number of rotatable bonds is 3. The number of likely N-dealkylation sites (tertiary alicyclic amines) is 1. The van der Waals surface area contributed by atoms with Crippen LogP contribution in [0.25, 0.3) is 0 Å². The summed E-state index contributed by atoms with van der Waals surface area (Å²) in [5, 5.41) is 9.29. The highest BCUT2D eigenvalue weighted by Crippen LogP contribution is 2.16. The number of aromatic nitrogens is 1. The zero-order chi connectivity index (χ0) is 13.0. The van der Waals surface area contributed by atoms with Crippen LogP contribution in [0.2, 0.25) is 5.15 Å². The van der Waals surface area contributed by atoms with Crippen LogP contribution in [0.3, 0.4) is 0 Å². The van der Waals surface area contributed by atoms with Gasteiger partial charge in [-0.3, -0.25) is 0 Å². The molecule has 6 heteroatoms. The number of amides is 1. The van der Waals surface area contributed by atoms with Gasteiger partial charge < -0.3 is 14.7 Å². The summed E-state index contributed by atoms with van der Waals surface area (Å²) in [4.78, 5) is 16.1. The molecule has 0 unspecified atom stereocenters. The van der Waals surface area contributed by atoms with Gasteiger partial charge in [0.25, 0.3) is 0 Å². The zero-order valence-electron chi connectivity index (χ0n) is 9.88. The summed E-state index contributed by atoms with van der Waals surface area (Å²) in [6.07, 6.45) is 2.45. The summed E-state index contributed by atoms with van der Waals surface area (Å²) in [5.41, 5.74) is 0.972. The number of nitrogens with zero attached hydrogens (tertiary/aromatic N) is 2. The van der Waals surface area contributed by atoms with Crippen LogP contribution < -0.4 is 0 Å². The van der Waals surface area contributed by atoms with Gasteiger partial charge in [0.1, 0.15) is 5.15 Å². The first-order valence-corrected chi connectivity index (χ1v) is 6.23. The smallest absolute Gasteiger partial charge is 0.407 e. The molecule has 1 aromatic rings. The molecule has 1 saturated heterocycles. The van der Waals surface area contributed by atoms with E-state index in [2.05, 4.69) is 4.98 Å². The van der Waals surface area contributed by atoms with Crippen molar-refractivity contribution in [2.45, 2.75) is 25.6 Å². The summed E-state index contributed by atoms with van der Waals surface area (Å²) in [7, 11) is 0. The summed E-state index contributed by atoms with van der Waals surface area (Å²) in [6, 6.07) is 3.61. The average Bonchev–Trinajstić information content (AvgIpc) is 2.38. The lowest BCUT2D eigenvalue weighted by Gasteiger charge is -2.29. The average molecular weight is 271 g/mol. The molecule has 1 amide bonds. The minimum absolute atomic E-state index is 0.122. The molecule has 2 heterocycles. The number of halogens is 1. The third kappa shape index (κ3) is 3.58. The number of pyridine rings is 1. The van der Waals surface area contributed by atoms with Gasteiger partial charge in [-0.2, -0.15) is 0 Å². The molecule has 0 radical (unpaired) electrons. The molecule has 1 aromatic heterocycles. The third-order valence-electron chi connectivity index (χ3n) is 2.99. The molecule has 1 N–H and O–H groups in total. The van der Waals surface area contributed by atoms with E-state index in [4.69, 9.17) is 21.4 Å². The van der Waals surface area contributed by atoms with Gasteiger partial charge in [-0.1, -0.05) is 17.7 Å². The Hall–Kier alpha value is -1.33. The van der Waals surface area contributed by atoms with Crippen LogP contribution in [-0.4, -0.2) is 40.3 Å². The first kappa shape index (κ1) is 13.1. The molecule has 1 aliphatic rings. The van der Waals surface area contributed by atoms with Crippen molar-refractivity contribution in [2.24, 2.45) is 0 Å². The predicted molar refractivity (Wildman–Crippen MR) is 66.7 cm³/mol. The van der Waals surface area contributed by atoms with E-state index in [9.17, 15) is 4.79 Å². The molecular weight excluding hydrogens is 256 g/mol. The molecule has 0 aliphatic carbocycles. The van der Waals surface area contributed by atoms with Gasteiger partial charge in [-0.05, 0) is 24.5 Å². The van der Waals surface area contributed by atoms with Crippen molar-refractivity contribution in [3.63, 3.8) is 0 Å². The van der Waals surface area contributed by atoms with E-state index in [1.54, 1.807) is 12.3 Å². The zero-order valence-corrected chi connectivity index (χ0v) is 10.6. The minimum atomic E-state index is -0.852. The van der Waals surface area contributed by atoms with Gasteiger partial charge in [0.15, 0.2) is 0 Å². The monoisotopic (exact) mass is 270 g/mol. The van der Waals surface area contributed by atoms with Gasteiger partial charge in [-0.15, -0.1) is 0 Å². The Labute approximate surface area is 110 Å². The maximum Gasteiger partial charge on any atom is 0.407 e. The van der Waals surface area contributed by atoms with E-state index in [-0.39, 0.29) is 6.10 Å². The van der Waals surface area contributed by atoms with Crippen LogP contribution in [-0.2, 0) is 11.3 Å². The summed E-state index contributed by atoms with van der Waals surface area (Å²) in [5.74, 6) is 0. The Bertz CT molecular complexity index is 402. The van der Waals surface area contributed by atoms with Crippen molar-refractivity contribution in [2.75, 3.05) is 13.1 Å².